The molecule has 0 heterocycles. The van der Waals surface area contributed by atoms with E-state index >= 15 is 0 Å². The molecule has 0 aromatic heterocycles. The molecule has 0 spiro atoms. The van der Waals surface area contributed by atoms with Crippen LogP contribution in [0.2, 0.25) is 0 Å². The fourth-order valence-corrected chi connectivity index (χ4v) is 2.29. The molecule has 1 aliphatic carbocycles. The van der Waals surface area contributed by atoms with Gasteiger partial charge in [-0.25, -0.2) is 0 Å². The molecule has 0 bridgehead atoms. The van der Waals surface area contributed by atoms with Crippen LogP contribution < -0.4 is 0 Å². The van der Waals surface area contributed by atoms with Gasteiger partial charge in [-0.05, 0) is 13.8 Å². The summed E-state index contributed by atoms with van der Waals surface area (Å²) in [6.07, 6.45) is 0.502. The normalized spacial score (nSPS) is 22.6. The largest absolute Gasteiger partial charge is 0.465 e. The number of hydrogen-bond donors (Lipinski definition) is 0. The smallest absolute Gasteiger partial charge is 0.324 e. The van der Waals surface area contributed by atoms with E-state index < -0.39 is 35.2 Å². The van der Waals surface area contributed by atoms with Crippen LogP contribution in [0.4, 0.5) is 0 Å². The first-order chi connectivity index (χ1) is 9.46. The van der Waals surface area contributed by atoms with E-state index in [1.165, 1.54) is 6.92 Å². The summed E-state index contributed by atoms with van der Waals surface area (Å²) < 4.78 is 14.5. The summed E-state index contributed by atoms with van der Waals surface area (Å²) in [5.41, 5.74) is -1.68. The van der Waals surface area contributed by atoms with Crippen molar-refractivity contribution in [3.63, 3.8) is 0 Å². The number of carbonyl (C=O) groups is 4. The molecule has 0 amide bonds. The van der Waals surface area contributed by atoms with Crippen molar-refractivity contribution in [1.82, 2.24) is 0 Å². The highest BCUT2D eigenvalue weighted by Gasteiger charge is 2.77. The fourth-order valence-electron chi connectivity index (χ4n) is 2.29. The molecule has 7 heteroatoms. The summed E-state index contributed by atoms with van der Waals surface area (Å²) >= 11 is 0. The van der Waals surface area contributed by atoms with E-state index in [4.69, 9.17) is 14.2 Å². The molecule has 0 aromatic rings. The van der Waals surface area contributed by atoms with Crippen molar-refractivity contribution < 1.29 is 33.4 Å². The van der Waals surface area contributed by atoms with Crippen LogP contribution in [0.1, 0.15) is 20.8 Å². The number of carbonyl (C=O) groups excluding carboxylic acids is 4. The Morgan fingerprint density at radius 2 is 1.55 bits per heavy atom. The molecule has 0 aliphatic heterocycles. The van der Waals surface area contributed by atoms with Gasteiger partial charge in [-0.1, -0.05) is 0 Å². The summed E-state index contributed by atoms with van der Waals surface area (Å²) in [7, 11) is 0. The molecule has 20 heavy (non-hydrogen) atoms. The lowest BCUT2D eigenvalue weighted by Crippen LogP contribution is -2.34. The highest BCUT2D eigenvalue weighted by atomic mass is 16.6. The molecule has 0 N–H and O–H groups in total. The predicted molar refractivity (Wildman–Crippen MR) is 65.4 cm³/mol. The second kappa shape index (κ2) is 6.49. The molecular weight excluding hydrogens is 268 g/mol. The minimum absolute atomic E-state index is 0.0752. The Balaban J connectivity index is 2.98. The molecule has 112 valence electrons. The Hall–Kier alpha value is -1.92. The first kappa shape index (κ1) is 16.1. The van der Waals surface area contributed by atoms with Gasteiger partial charge in [-0.3, -0.25) is 14.4 Å². The van der Waals surface area contributed by atoms with Gasteiger partial charge < -0.3 is 19.0 Å². The Morgan fingerprint density at radius 1 is 1.05 bits per heavy atom. The van der Waals surface area contributed by atoms with Gasteiger partial charge in [0, 0.05) is 18.8 Å². The van der Waals surface area contributed by atoms with Gasteiger partial charge in [-0.15, -0.1) is 0 Å². The molecule has 1 saturated carbocycles. The highest BCUT2D eigenvalue weighted by Crippen LogP contribution is 2.59. The third-order valence-corrected chi connectivity index (χ3v) is 3.27. The molecule has 0 aromatic carbocycles. The van der Waals surface area contributed by atoms with Crippen LogP contribution in [0.5, 0.6) is 0 Å². The van der Waals surface area contributed by atoms with Crippen molar-refractivity contribution in [3.8, 4) is 0 Å². The van der Waals surface area contributed by atoms with Crippen LogP contribution in [0.3, 0.4) is 0 Å². The van der Waals surface area contributed by atoms with E-state index in [1.54, 1.807) is 13.8 Å². The van der Waals surface area contributed by atoms with Crippen molar-refractivity contribution in [1.29, 1.82) is 0 Å². The van der Waals surface area contributed by atoms with Crippen LogP contribution >= 0.6 is 0 Å². The van der Waals surface area contributed by atoms with Crippen molar-refractivity contribution in [2.45, 2.75) is 20.8 Å². The van der Waals surface area contributed by atoms with Crippen LogP contribution in [0.15, 0.2) is 0 Å². The predicted octanol–water partition coefficient (Wildman–Crippen LogP) is 0.107. The molecule has 7 nitrogen and oxygen atoms in total. The molecule has 0 radical (unpaired) electrons. The van der Waals surface area contributed by atoms with E-state index in [1.807, 2.05) is 0 Å². The number of esters is 3. The number of ether oxygens (including phenoxy) is 3. The van der Waals surface area contributed by atoms with Crippen molar-refractivity contribution in [2.24, 2.45) is 17.3 Å². The van der Waals surface area contributed by atoms with E-state index in [-0.39, 0.29) is 19.8 Å². The Labute approximate surface area is 116 Å². The molecule has 1 rings (SSSR count). The molecular formula is C13H18O7. The zero-order chi connectivity index (χ0) is 15.3. The Morgan fingerprint density at radius 3 is 1.90 bits per heavy atom. The average molecular weight is 286 g/mol. The number of hydrogen-bond acceptors (Lipinski definition) is 7. The summed E-state index contributed by atoms with van der Waals surface area (Å²) in [6, 6.07) is 0. The standard InChI is InChI=1S/C13H18O7/c1-4-18-11(16)13(12(17)19-5-2)9(6-14)10(13)7-20-8(3)15/h6,9-10H,4-5,7H2,1-3H3. The summed E-state index contributed by atoms with van der Waals surface area (Å²) in [5.74, 6) is -3.80. The van der Waals surface area contributed by atoms with Crippen LogP contribution in [-0.4, -0.2) is 44.0 Å². The number of aldehydes is 1. The first-order valence-corrected chi connectivity index (χ1v) is 6.39. The van der Waals surface area contributed by atoms with E-state index in [0.717, 1.165) is 0 Å². The first-order valence-electron chi connectivity index (χ1n) is 6.39. The van der Waals surface area contributed by atoms with Gasteiger partial charge in [0.15, 0.2) is 5.41 Å². The van der Waals surface area contributed by atoms with Crippen molar-refractivity contribution >= 4 is 24.2 Å². The molecule has 2 atom stereocenters. The molecule has 0 saturated heterocycles. The lowest BCUT2D eigenvalue weighted by molar-refractivity contribution is -0.167. The maximum Gasteiger partial charge on any atom is 0.324 e. The summed E-state index contributed by atoms with van der Waals surface area (Å²) in [6.45, 7) is 4.34. The maximum absolute atomic E-state index is 12.0. The summed E-state index contributed by atoms with van der Waals surface area (Å²) in [4.78, 5) is 46.0. The van der Waals surface area contributed by atoms with Gasteiger partial charge in [-0.2, -0.15) is 0 Å². The van der Waals surface area contributed by atoms with E-state index in [9.17, 15) is 19.2 Å². The van der Waals surface area contributed by atoms with Crippen LogP contribution in [-0.2, 0) is 33.4 Å². The van der Waals surface area contributed by atoms with Gasteiger partial charge in [0.05, 0.1) is 19.8 Å². The quantitative estimate of drug-likeness (QED) is 0.283. The van der Waals surface area contributed by atoms with E-state index in [0.29, 0.717) is 6.29 Å². The Bertz CT molecular complexity index is 397. The monoisotopic (exact) mass is 286 g/mol. The topological polar surface area (TPSA) is 96.0 Å². The zero-order valence-electron chi connectivity index (χ0n) is 11.7. The minimum atomic E-state index is -1.68. The molecule has 2 unspecified atom stereocenters. The third-order valence-electron chi connectivity index (χ3n) is 3.27. The highest BCUT2D eigenvalue weighted by molar-refractivity contribution is 6.08. The maximum atomic E-state index is 12.0. The SMILES string of the molecule is CCOC(=O)C1(C(=O)OCC)C(C=O)C1COC(C)=O. The van der Waals surface area contributed by atoms with Gasteiger partial charge in [0.1, 0.15) is 6.29 Å². The Kier molecular flexibility index (Phi) is 5.24. The minimum Gasteiger partial charge on any atom is -0.465 e. The van der Waals surface area contributed by atoms with Gasteiger partial charge >= 0.3 is 17.9 Å². The lowest BCUT2D eigenvalue weighted by Gasteiger charge is -2.14. The number of rotatable bonds is 7. The van der Waals surface area contributed by atoms with Crippen LogP contribution in [0.25, 0.3) is 0 Å². The second-order valence-electron chi connectivity index (χ2n) is 4.38. The summed E-state index contributed by atoms with van der Waals surface area (Å²) in [5, 5.41) is 0. The lowest BCUT2D eigenvalue weighted by atomic mass is 10.0. The fraction of sp³-hybridized carbons (Fsp3) is 0.692. The van der Waals surface area contributed by atoms with Crippen LogP contribution in [0, 0.1) is 17.3 Å². The average Bonchev–Trinajstić information content (AvgIpc) is 3.05. The third kappa shape index (κ3) is 2.66. The zero-order valence-corrected chi connectivity index (χ0v) is 11.7. The van der Waals surface area contributed by atoms with Crippen molar-refractivity contribution in [2.75, 3.05) is 19.8 Å². The van der Waals surface area contributed by atoms with Gasteiger partial charge in [0.2, 0.25) is 0 Å². The molecule has 1 aliphatic rings. The van der Waals surface area contributed by atoms with Crippen molar-refractivity contribution in [3.05, 3.63) is 0 Å². The molecule has 1 fully saturated rings. The second-order valence-corrected chi connectivity index (χ2v) is 4.38. The van der Waals surface area contributed by atoms with Gasteiger partial charge in [0.25, 0.3) is 0 Å². The van der Waals surface area contributed by atoms with E-state index in [2.05, 4.69) is 0 Å².